The maximum Gasteiger partial charge on any atom is 0.307 e. The van der Waals surface area contributed by atoms with E-state index in [0.717, 1.165) is 26.2 Å². The molecule has 1 heterocycles. The highest BCUT2D eigenvalue weighted by Gasteiger charge is 2.66. The minimum Gasteiger partial charge on any atom is -0.481 e. The quantitative estimate of drug-likeness (QED) is 0.855. The number of hydrogen-bond acceptors (Lipinski definition) is 3. The van der Waals surface area contributed by atoms with Crippen molar-refractivity contribution in [1.29, 1.82) is 0 Å². The third-order valence-corrected chi connectivity index (χ3v) is 5.83. The number of piperazine rings is 1. The summed E-state index contributed by atoms with van der Waals surface area (Å²) in [5.41, 5.74) is -0.383. The zero-order chi connectivity index (χ0) is 15.2. The van der Waals surface area contributed by atoms with Crippen LogP contribution in [0, 0.1) is 17.3 Å². The number of carboxylic acid groups (broad SMARTS) is 1. The van der Waals surface area contributed by atoms with Crippen molar-refractivity contribution in [3.05, 3.63) is 0 Å². The van der Waals surface area contributed by atoms with Gasteiger partial charge in [-0.15, -0.1) is 0 Å². The molecule has 21 heavy (non-hydrogen) atoms. The fraction of sp³-hybridized carbons (Fsp3) is 0.875. The maximum absolute atomic E-state index is 12.6. The van der Waals surface area contributed by atoms with Gasteiger partial charge in [0.2, 0.25) is 5.91 Å². The van der Waals surface area contributed by atoms with Gasteiger partial charge in [-0.1, -0.05) is 26.7 Å². The van der Waals surface area contributed by atoms with Crippen LogP contribution in [0.3, 0.4) is 0 Å². The maximum atomic E-state index is 12.6. The second-order valence-electron chi connectivity index (χ2n) is 7.41. The van der Waals surface area contributed by atoms with Crippen LogP contribution in [0.5, 0.6) is 0 Å². The highest BCUT2D eigenvalue weighted by Crippen LogP contribution is 2.59. The number of hydrogen-bond donors (Lipinski definition) is 1. The molecule has 2 aliphatic carbocycles. The van der Waals surface area contributed by atoms with Gasteiger partial charge in [0.25, 0.3) is 0 Å². The molecule has 0 aromatic heterocycles. The Hall–Kier alpha value is -1.10. The summed E-state index contributed by atoms with van der Waals surface area (Å²) < 4.78 is 0. The predicted molar refractivity (Wildman–Crippen MR) is 78.8 cm³/mol. The van der Waals surface area contributed by atoms with Gasteiger partial charge in [-0.25, -0.2) is 0 Å². The first-order valence-electron chi connectivity index (χ1n) is 8.18. The van der Waals surface area contributed by atoms with Crippen LogP contribution in [0.4, 0.5) is 0 Å². The Morgan fingerprint density at radius 3 is 2.05 bits per heavy atom. The Morgan fingerprint density at radius 1 is 1.00 bits per heavy atom. The molecule has 5 heteroatoms. The molecular formula is C16H26N2O3. The second-order valence-corrected chi connectivity index (χ2v) is 7.41. The van der Waals surface area contributed by atoms with Crippen LogP contribution in [-0.2, 0) is 9.59 Å². The van der Waals surface area contributed by atoms with E-state index in [2.05, 4.69) is 4.90 Å². The van der Waals surface area contributed by atoms with Crippen LogP contribution >= 0.6 is 0 Å². The van der Waals surface area contributed by atoms with Crippen LogP contribution in [0.25, 0.3) is 0 Å². The molecule has 0 aromatic carbocycles. The van der Waals surface area contributed by atoms with Crippen LogP contribution in [0.1, 0.15) is 39.5 Å². The van der Waals surface area contributed by atoms with E-state index in [9.17, 15) is 14.7 Å². The Bertz CT molecular complexity index is 435. The molecule has 5 nitrogen and oxygen atoms in total. The van der Waals surface area contributed by atoms with Crippen molar-refractivity contribution in [2.45, 2.75) is 45.6 Å². The molecule has 118 valence electrons. The SMILES string of the molecule is CC1(C)C(C(=O)O)C1C(=O)N1CCN(C2CCCC2)CC1. The van der Waals surface area contributed by atoms with E-state index in [1.165, 1.54) is 25.7 Å². The first-order valence-corrected chi connectivity index (χ1v) is 8.18. The summed E-state index contributed by atoms with van der Waals surface area (Å²) in [6, 6.07) is 0.714. The van der Waals surface area contributed by atoms with Gasteiger partial charge >= 0.3 is 5.97 Å². The van der Waals surface area contributed by atoms with Gasteiger partial charge in [-0.05, 0) is 18.3 Å². The summed E-state index contributed by atoms with van der Waals surface area (Å²) in [5, 5.41) is 9.21. The van der Waals surface area contributed by atoms with Gasteiger partial charge in [0, 0.05) is 32.2 Å². The zero-order valence-corrected chi connectivity index (χ0v) is 13.0. The summed E-state index contributed by atoms with van der Waals surface area (Å²) in [7, 11) is 0. The van der Waals surface area contributed by atoms with E-state index in [1.54, 1.807) is 0 Å². The number of nitrogens with zero attached hydrogens (tertiary/aromatic N) is 2. The highest BCUT2D eigenvalue weighted by molar-refractivity contribution is 5.91. The van der Waals surface area contributed by atoms with Crippen LogP contribution in [0.15, 0.2) is 0 Å². The van der Waals surface area contributed by atoms with E-state index < -0.39 is 11.9 Å². The standard InChI is InChI=1S/C16H26N2O3/c1-16(2)12(13(16)15(20)21)14(19)18-9-7-17(8-10-18)11-5-3-4-6-11/h11-13H,3-10H2,1-2H3,(H,20,21). The number of aliphatic carboxylic acids is 1. The molecule has 0 aromatic rings. The van der Waals surface area contributed by atoms with Gasteiger partial charge in [0.15, 0.2) is 0 Å². The molecule has 1 saturated heterocycles. The summed E-state index contributed by atoms with van der Waals surface area (Å²) in [4.78, 5) is 28.2. The van der Waals surface area contributed by atoms with E-state index in [0.29, 0.717) is 6.04 Å². The smallest absolute Gasteiger partial charge is 0.307 e. The molecule has 2 unspecified atom stereocenters. The van der Waals surface area contributed by atoms with Gasteiger partial charge in [-0.2, -0.15) is 0 Å². The first kappa shape index (κ1) is 14.8. The second kappa shape index (κ2) is 5.27. The predicted octanol–water partition coefficient (Wildman–Crippen LogP) is 1.43. The molecule has 1 amide bonds. The van der Waals surface area contributed by atoms with Crippen molar-refractivity contribution in [3.8, 4) is 0 Å². The first-order chi connectivity index (χ1) is 9.93. The van der Waals surface area contributed by atoms with Crippen molar-refractivity contribution in [2.75, 3.05) is 26.2 Å². The minimum atomic E-state index is -0.831. The molecule has 2 atom stereocenters. The Balaban J connectivity index is 1.55. The molecule has 3 rings (SSSR count). The third-order valence-electron chi connectivity index (χ3n) is 5.83. The van der Waals surface area contributed by atoms with E-state index in [4.69, 9.17) is 0 Å². The fourth-order valence-electron chi connectivity index (χ4n) is 4.33. The lowest BCUT2D eigenvalue weighted by atomic mass is 10.1. The summed E-state index contributed by atoms with van der Waals surface area (Å²) in [5.74, 6) is -1.60. The lowest BCUT2D eigenvalue weighted by Crippen LogP contribution is -2.52. The van der Waals surface area contributed by atoms with Gasteiger partial charge in [0.1, 0.15) is 0 Å². The largest absolute Gasteiger partial charge is 0.481 e. The Morgan fingerprint density at radius 2 is 1.57 bits per heavy atom. The van der Waals surface area contributed by atoms with Gasteiger partial charge in [-0.3, -0.25) is 14.5 Å². The van der Waals surface area contributed by atoms with Crippen molar-refractivity contribution < 1.29 is 14.7 Å². The molecular weight excluding hydrogens is 268 g/mol. The normalized spacial score (nSPS) is 33.1. The minimum absolute atomic E-state index is 0.0541. The highest BCUT2D eigenvalue weighted by atomic mass is 16.4. The van der Waals surface area contributed by atoms with E-state index in [-0.39, 0.29) is 17.2 Å². The molecule has 3 aliphatic rings. The van der Waals surface area contributed by atoms with Crippen LogP contribution < -0.4 is 0 Å². The molecule has 1 aliphatic heterocycles. The molecule has 3 fully saturated rings. The van der Waals surface area contributed by atoms with Crippen molar-refractivity contribution in [3.63, 3.8) is 0 Å². The molecule has 0 radical (unpaired) electrons. The van der Waals surface area contributed by atoms with Crippen LogP contribution in [0.2, 0.25) is 0 Å². The average molecular weight is 294 g/mol. The molecule has 1 N–H and O–H groups in total. The van der Waals surface area contributed by atoms with Crippen LogP contribution in [-0.4, -0.2) is 59.0 Å². The lowest BCUT2D eigenvalue weighted by molar-refractivity contribution is -0.142. The fourth-order valence-corrected chi connectivity index (χ4v) is 4.33. The molecule has 2 saturated carbocycles. The van der Waals surface area contributed by atoms with Crippen molar-refractivity contribution in [1.82, 2.24) is 9.80 Å². The molecule has 0 spiro atoms. The monoisotopic (exact) mass is 294 g/mol. The van der Waals surface area contributed by atoms with Crippen molar-refractivity contribution in [2.24, 2.45) is 17.3 Å². The van der Waals surface area contributed by atoms with Gasteiger partial charge in [0.05, 0.1) is 11.8 Å². The van der Waals surface area contributed by atoms with E-state index >= 15 is 0 Å². The number of amides is 1. The number of carbonyl (C=O) groups excluding carboxylic acids is 1. The molecule has 0 bridgehead atoms. The Kier molecular flexibility index (Phi) is 3.72. The summed E-state index contributed by atoms with van der Waals surface area (Å²) in [6.45, 7) is 7.19. The zero-order valence-electron chi connectivity index (χ0n) is 13.0. The number of carbonyl (C=O) groups is 2. The Labute approximate surface area is 126 Å². The lowest BCUT2D eigenvalue weighted by Gasteiger charge is -2.38. The summed E-state index contributed by atoms with van der Waals surface area (Å²) >= 11 is 0. The van der Waals surface area contributed by atoms with Crippen molar-refractivity contribution >= 4 is 11.9 Å². The topological polar surface area (TPSA) is 60.9 Å². The number of carboxylic acids is 1. The summed E-state index contributed by atoms with van der Waals surface area (Å²) in [6.07, 6.45) is 5.26. The average Bonchev–Trinajstić information content (AvgIpc) is 2.81. The third kappa shape index (κ3) is 2.56. The number of rotatable bonds is 3. The van der Waals surface area contributed by atoms with E-state index in [1.807, 2.05) is 18.7 Å². The van der Waals surface area contributed by atoms with Gasteiger partial charge < -0.3 is 10.0 Å².